The molecule has 1 saturated carbocycles. The van der Waals surface area contributed by atoms with Crippen LogP contribution >= 0.6 is 23.1 Å². The Balaban J connectivity index is 1.47. The third kappa shape index (κ3) is 3.48. The highest BCUT2D eigenvalue weighted by Gasteiger charge is 2.30. The van der Waals surface area contributed by atoms with Gasteiger partial charge in [-0.05, 0) is 37.8 Å². The van der Waals surface area contributed by atoms with Gasteiger partial charge in [-0.3, -0.25) is 0 Å². The van der Waals surface area contributed by atoms with E-state index < -0.39 is 0 Å². The molecule has 6 nitrogen and oxygen atoms in total. The fraction of sp³-hybridized carbons (Fsp3) is 0.444. The van der Waals surface area contributed by atoms with Crippen LogP contribution in [0.25, 0.3) is 10.8 Å². The summed E-state index contributed by atoms with van der Waals surface area (Å²) in [6.45, 7) is 8.85. The molecule has 0 radical (unpaired) electrons. The van der Waals surface area contributed by atoms with Crippen LogP contribution in [-0.4, -0.2) is 25.0 Å². The highest BCUT2D eigenvalue weighted by Crippen LogP contribution is 2.40. The number of thiophene rings is 1. The number of hydrogen-bond donors (Lipinski definition) is 0. The SMILES string of the molecule is C=CCn1c(SCc2nnc(-c3cc(C)c(CC)s3)o2)nnc1C1CC1. The van der Waals surface area contributed by atoms with Gasteiger partial charge in [0.2, 0.25) is 5.89 Å². The summed E-state index contributed by atoms with van der Waals surface area (Å²) in [5, 5.41) is 18.0. The van der Waals surface area contributed by atoms with Crippen molar-refractivity contribution in [2.45, 2.75) is 56.5 Å². The lowest BCUT2D eigenvalue weighted by molar-refractivity contribution is 0.529. The Morgan fingerprint density at radius 2 is 2.19 bits per heavy atom. The highest BCUT2D eigenvalue weighted by molar-refractivity contribution is 7.98. The molecule has 0 N–H and O–H groups in total. The standard InChI is InChI=1S/C18H21N5OS2/c1-4-8-23-16(12-6-7-12)20-22-18(23)25-10-15-19-21-17(24-15)14-9-11(3)13(5-2)26-14/h4,9,12H,1,5-8,10H2,2-3H3. The van der Waals surface area contributed by atoms with Gasteiger partial charge in [0, 0.05) is 17.3 Å². The molecule has 0 unspecified atom stereocenters. The van der Waals surface area contributed by atoms with Crippen LogP contribution in [0.3, 0.4) is 0 Å². The number of allylic oxidation sites excluding steroid dienone is 1. The largest absolute Gasteiger partial charge is 0.419 e. The first-order valence-electron chi connectivity index (χ1n) is 8.78. The Bertz CT molecular complexity index is 922. The second kappa shape index (κ2) is 7.36. The average molecular weight is 388 g/mol. The second-order valence-electron chi connectivity index (χ2n) is 6.37. The lowest BCUT2D eigenvalue weighted by Crippen LogP contribution is -2.02. The van der Waals surface area contributed by atoms with Crippen LogP contribution in [0.15, 0.2) is 28.3 Å². The van der Waals surface area contributed by atoms with Crippen molar-refractivity contribution in [1.29, 1.82) is 0 Å². The van der Waals surface area contributed by atoms with Crippen LogP contribution in [0.2, 0.25) is 0 Å². The van der Waals surface area contributed by atoms with E-state index >= 15 is 0 Å². The van der Waals surface area contributed by atoms with E-state index in [1.807, 2.05) is 6.08 Å². The lowest BCUT2D eigenvalue weighted by atomic mass is 10.2. The van der Waals surface area contributed by atoms with E-state index in [4.69, 9.17) is 4.42 Å². The molecule has 3 aromatic heterocycles. The van der Waals surface area contributed by atoms with E-state index in [0.29, 0.717) is 23.5 Å². The van der Waals surface area contributed by atoms with Gasteiger partial charge in [0.25, 0.3) is 5.89 Å². The summed E-state index contributed by atoms with van der Waals surface area (Å²) in [7, 11) is 0. The molecule has 136 valence electrons. The van der Waals surface area contributed by atoms with Crippen LogP contribution in [0, 0.1) is 6.92 Å². The van der Waals surface area contributed by atoms with Crippen molar-refractivity contribution < 1.29 is 4.42 Å². The Morgan fingerprint density at radius 1 is 1.35 bits per heavy atom. The van der Waals surface area contributed by atoms with Crippen LogP contribution in [0.1, 0.15) is 47.8 Å². The molecular formula is C18H21N5OS2. The molecule has 4 rings (SSSR count). The molecule has 1 aliphatic rings. The van der Waals surface area contributed by atoms with Crippen molar-refractivity contribution in [3.05, 3.63) is 40.9 Å². The Morgan fingerprint density at radius 3 is 2.88 bits per heavy atom. The predicted molar refractivity (Wildman–Crippen MR) is 103 cm³/mol. The summed E-state index contributed by atoms with van der Waals surface area (Å²) in [6, 6.07) is 2.12. The minimum Gasteiger partial charge on any atom is -0.419 e. The normalized spacial score (nSPS) is 14.1. The van der Waals surface area contributed by atoms with E-state index in [9.17, 15) is 0 Å². The molecule has 26 heavy (non-hydrogen) atoms. The molecule has 3 heterocycles. The minimum atomic E-state index is 0.557. The summed E-state index contributed by atoms with van der Waals surface area (Å²) in [4.78, 5) is 2.40. The van der Waals surface area contributed by atoms with Crippen molar-refractivity contribution in [3.63, 3.8) is 0 Å². The summed E-state index contributed by atoms with van der Waals surface area (Å²) in [5.74, 6) is 3.41. The first kappa shape index (κ1) is 17.5. The maximum absolute atomic E-state index is 5.86. The minimum absolute atomic E-state index is 0.557. The van der Waals surface area contributed by atoms with Crippen molar-refractivity contribution in [2.75, 3.05) is 0 Å². The van der Waals surface area contributed by atoms with E-state index in [0.717, 1.165) is 28.8 Å². The Kier molecular flexibility index (Phi) is 4.95. The Labute approximate surface area is 160 Å². The summed E-state index contributed by atoms with van der Waals surface area (Å²) in [6.07, 6.45) is 5.31. The van der Waals surface area contributed by atoms with Crippen molar-refractivity contribution in [2.24, 2.45) is 0 Å². The van der Waals surface area contributed by atoms with Crippen LogP contribution in [-0.2, 0) is 18.7 Å². The van der Waals surface area contributed by atoms with Crippen LogP contribution in [0.5, 0.6) is 0 Å². The quantitative estimate of drug-likeness (QED) is 0.415. The highest BCUT2D eigenvalue weighted by atomic mass is 32.2. The van der Waals surface area contributed by atoms with Crippen LogP contribution < -0.4 is 0 Å². The summed E-state index contributed by atoms with van der Waals surface area (Å²) in [5.41, 5.74) is 1.28. The maximum atomic E-state index is 5.86. The van der Waals surface area contributed by atoms with Crippen molar-refractivity contribution in [3.8, 4) is 10.8 Å². The number of thioether (sulfide) groups is 1. The first-order valence-corrected chi connectivity index (χ1v) is 10.6. The van der Waals surface area contributed by atoms with E-state index in [2.05, 4.69) is 51.5 Å². The van der Waals surface area contributed by atoms with Crippen molar-refractivity contribution >= 4 is 23.1 Å². The molecule has 0 spiro atoms. The Hall–Kier alpha value is -1.93. The number of nitrogens with zero attached hydrogens (tertiary/aromatic N) is 5. The summed E-state index contributed by atoms with van der Waals surface area (Å²) < 4.78 is 8.00. The topological polar surface area (TPSA) is 69.6 Å². The monoisotopic (exact) mass is 387 g/mol. The predicted octanol–water partition coefficient (Wildman–Crippen LogP) is 4.62. The molecule has 0 bridgehead atoms. The number of aromatic nitrogens is 5. The first-order chi connectivity index (χ1) is 12.7. The molecule has 8 heteroatoms. The molecule has 0 atom stereocenters. The van der Waals surface area contributed by atoms with Gasteiger partial charge >= 0.3 is 0 Å². The molecule has 1 fully saturated rings. The molecule has 0 aliphatic heterocycles. The van der Waals surface area contributed by atoms with Gasteiger partial charge in [0.05, 0.1) is 10.6 Å². The fourth-order valence-electron chi connectivity index (χ4n) is 2.87. The van der Waals surface area contributed by atoms with Gasteiger partial charge in [-0.15, -0.1) is 38.3 Å². The molecule has 0 amide bonds. The molecule has 3 aromatic rings. The van der Waals surface area contributed by atoms with Gasteiger partial charge in [-0.1, -0.05) is 24.8 Å². The van der Waals surface area contributed by atoms with Crippen LogP contribution in [0.4, 0.5) is 0 Å². The average Bonchev–Trinajstić information content (AvgIpc) is 3.06. The van der Waals surface area contributed by atoms with Gasteiger partial charge in [-0.25, -0.2) is 0 Å². The second-order valence-corrected chi connectivity index (χ2v) is 8.45. The number of hydrogen-bond acceptors (Lipinski definition) is 7. The van der Waals surface area contributed by atoms with E-state index in [1.54, 1.807) is 23.1 Å². The van der Waals surface area contributed by atoms with E-state index in [1.165, 1.54) is 23.3 Å². The molecule has 1 aliphatic carbocycles. The third-order valence-electron chi connectivity index (χ3n) is 4.34. The zero-order valence-electron chi connectivity index (χ0n) is 14.9. The number of aryl methyl sites for hydroxylation is 2. The molecule has 0 aromatic carbocycles. The zero-order valence-corrected chi connectivity index (χ0v) is 16.6. The van der Waals surface area contributed by atoms with E-state index in [-0.39, 0.29) is 0 Å². The van der Waals surface area contributed by atoms with Gasteiger partial charge in [0.15, 0.2) is 5.16 Å². The third-order valence-corrected chi connectivity index (χ3v) is 6.66. The van der Waals surface area contributed by atoms with Gasteiger partial charge < -0.3 is 8.98 Å². The number of rotatable bonds is 8. The summed E-state index contributed by atoms with van der Waals surface area (Å²) >= 11 is 3.30. The maximum Gasteiger partial charge on any atom is 0.257 e. The van der Waals surface area contributed by atoms with Gasteiger partial charge in [-0.2, -0.15) is 0 Å². The van der Waals surface area contributed by atoms with Gasteiger partial charge in [0.1, 0.15) is 5.82 Å². The fourth-order valence-corrected chi connectivity index (χ4v) is 4.69. The zero-order chi connectivity index (χ0) is 18.1. The smallest absolute Gasteiger partial charge is 0.257 e. The molecule has 0 saturated heterocycles. The lowest BCUT2D eigenvalue weighted by Gasteiger charge is -2.05. The van der Waals surface area contributed by atoms with Crippen molar-refractivity contribution in [1.82, 2.24) is 25.0 Å². The molecular weight excluding hydrogens is 366 g/mol.